The Hall–Kier alpha value is 0.920. The maximum atomic E-state index is 9.56. The summed E-state index contributed by atoms with van der Waals surface area (Å²) in [6.07, 6.45) is 25.2. The van der Waals surface area contributed by atoms with E-state index in [0.29, 0.717) is 5.25 Å². The van der Waals surface area contributed by atoms with Crippen molar-refractivity contribution in [1.29, 1.82) is 0 Å². The molecule has 5 heteroatoms. The largest absolute Gasteiger partial charge is 0.338 e. The van der Waals surface area contributed by atoms with Crippen molar-refractivity contribution in [3.05, 3.63) is 0 Å². The quantitative estimate of drug-likeness (QED) is 0.139. The predicted molar refractivity (Wildman–Crippen MR) is 129 cm³/mol. The fourth-order valence-electron chi connectivity index (χ4n) is 3.62. The third kappa shape index (κ3) is 23.1. The van der Waals surface area contributed by atoms with Crippen LogP contribution in [0, 0.1) is 0 Å². The highest BCUT2D eigenvalue weighted by Crippen LogP contribution is 2.54. The van der Waals surface area contributed by atoms with Crippen LogP contribution in [0.5, 0.6) is 0 Å². The molecule has 2 N–H and O–H groups in total. The van der Waals surface area contributed by atoms with E-state index in [4.69, 9.17) is 11.8 Å². The van der Waals surface area contributed by atoms with E-state index in [1.54, 1.807) is 0 Å². The molecule has 0 fully saturated rings. The van der Waals surface area contributed by atoms with Gasteiger partial charge in [0.1, 0.15) is 0 Å². The summed E-state index contributed by atoms with van der Waals surface area (Å²) in [5.74, 6) is 0. The van der Waals surface area contributed by atoms with Gasteiger partial charge in [0.15, 0.2) is 0 Å². The van der Waals surface area contributed by atoms with Crippen molar-refractivity contribution < 1.29 is 9.79 Å². The van der Waals surface area contributed by atoms with Crippen molar-refractivity contribution in [1.82, 2.24) is 0 Å². The van der Waals surface area contributed by atoms with Gasteiger partial charge in [-0.05, 0) is 24.6 Å². The summed E-state index contributed by atoms with van der Waals surface area (Å²) < 4.78 is 0. The molecule has 1 atom stereocenters. The third-order valence-electron chi connectivity index (χ3n) is 5.30. The number of hydrogen-bond donors (Lipinski definition) is 2. The van der Waals surface area contributed by atoms with Gasteiger partial charge in [-0.25, -0.2) is 0 Å². The Kier molecular flexibility index (Phi) is 20.9. The molecule has 0 rings (SSSR count). The molecule has 0 aromatic rings. The molecule has 0 amide bonds. The summed E-state index contributed by atoms with van der Waals surface area (Å²) in [6.45, 7) is 4.47. The van der Waals surface area contributed by atoms with Crippen molar-refractivity contribution >= 4 is 28.9 Å². The van der Waals surface area contributed by atoms with Gasteiger partial charge in [0.25, 0.3) is 0 Å². The molecule has 2 nitrogen and oxygen atoms in total. The fourth-order valence-corrected chi connectivity index (χ4v) is 7.44. The maximum absolute atomic E-state index is 9.56. The lowest BCUT2D eigenvalue weighted by Crippen LogP contribution is -2.02. The molecule has 1 unspecified atom stereocenters. The minimum Gasteiger partial charge on any atom is -0.338 e. The standard InChI is InChI=1S/C22H47O2PS2/c1-3-5-7-8-9-10-11-12-13-14-15-16-17-18-19-21-22(20-6-4-2)27-25(23,24)26/h22H,3-21H2,1-2H3,(H2,23,24,26). The topological polar surface area (TPSA) is 40.5 Å². The minimum atomic E-state index is -3.10. The lowest BCUT2D eigenvalue weighted by Gasteiger charge is -2.18. The first-order valence-corrected chi connectivity index (χ1v) is 15.9. The minimum absolute atomic E-state index is 0.341. The van der Waals surface area contributed by atoms with E-state index in [1.807, 2.05) is 0 Å². The molecule has 0 saturated heterocycles. The average molecular weight is 439 g/mol. The molecule has 164 valence electrons. The van der Waals surface area contributed by atoms with Crippen LogP contribution in [0.1, 0.15) is 136 Å². The Bertz CT molecular complexity index is 347. The molecule has 0 bridgehead atoms. The molecule has 0 heterocycles. The Morgan fingerprint density at radius 1 is 0.593 bits per heavy atom. The van der Waals surface area contributed by atoms with Gasteiger partial charge in [0, 0.05) is 5.25 Å². The van der Waals surface area contributed by atoms with E-state index in [0.717, 1.165) is 25.7 Å². The van der Waals surface area contributed by atoms with Gasteiger partial charge >= 0.3 is 0 Å². The maximum Gasteiger partial charge on any atom is 0.242 e. The SMILES string of the molecule is CCCCCCCCCCCCCCCCCC(CCCC)SP(O)(O)=S. The number of hydrogen-bond acceptors (Lipinski definition) is 2. The fraction of sp³-hybridized carbons (Fsp3) is 1.00. The molecule has 0 aromatic heterocycles. The second-order valence-corrected chi connectivity index (χ2v) is 14.3. The second-order valence-electron chi connectivity index (χ2n) is 8.10. The highest BCUT2D eigenvalue weighted by atomic mass is 32.9. The Labute approximate surface area is 179 Å². The van der Waals surface area contributed by atoms with E-state index >= 15 is 0 Å². The summed E-state index contributed by atoms with van der Waals surface area (Å²) in [4.78, 5) is 19.1. The van der Waals surface area contributed by atoms with Gasteiger partial charge in [0.05, 0.1) is 0 Å². The molecular formula is C22H47O2PS2. The van der Waals surface area contributed by atoms with Gasteiger partial charge in [-0.3, -0.25) is 0 Å². The van der Waals surface area contributed by atoms with Crippen molar-refractivity contribution in [2.75, 3.05) is 0 Å². The molecule has 0 spiro atoms. The summed E-state index contributed by atoms with van der Waals surface area (Å²) in [6, 6.07) is 0. The van der Waals surface area contributed by atoms with E-state index in [2.05, 4.69) is 13.8 Å². The van der Waals surface area contributed by atoms with Crippen LogP contribution in [0.4, 0.5) is 0 Å². The van der Waals surface area contributed by atoms with Gasteiger partial charge in [-0.1, -0.05) is 134 Å². The first-order valence-electron chi connectivity index (χ1n) is 11.7. The monoisotopic (exact) mass is 438 g/mol. The molecule has 27 heavy (non-hydrogen) atoms. The highest BCUT2D eigenvalue weighted by Gasteiger charge is 2.17. The van der Waals surface area contributed by atoms with Crippen LogP contribution in [0.2, 0.25) is 0 Å². The van der Waals surface area contributed by atoms with E-state index in [-0.39, 0.29) is 0 Å². The van der Waals surface area contributed by atoms with Crippen molar-refractivity contribution in [2.45, 2.75) is 141 Å². The average Bonchev–Trinajstić information content (AvgIpc) is 2.61. The first-order chi connectivity index (χ1) is 13.0. The Morgan fingerprint density at radius 3 is 1.30 bits per heavy atom. The molecular weight excluding hydrogens is 391 g/mol. The van der Waals surface area contributed by atoms with Crippen LogP contribution in [0.15, 0.2) is 0 Å². The van der Waals surface area contributed by atoms with Gasteiger partial charge in [-0.15, -0.1) is 0 Å². The summed E-state index contributed by atoms with van der Waals surface area (Å²) in [5.41, 5.74) is -3.10. The summed E-state index contributed by atoms with van der Waals surface area (Å²) in [5, 5.41) is 0.341. The van der Waals surface area contributed by atoms with Crippen molar-refractivity contribution in [3.8, 4) is 0 Å². The molecule has 0 aliphatic carbocycles. The van der Waals surface area contributed by atoms with Crippen LogP contribution in [-0.2, 0) is 11.8 Å². The zero-order valence-corrected chi connectivity index (χ0v) is 20.7. The van der Waals surface area contributed by atoms with Crippen LogP contribution < -0.4 is 0 Å². The first kappa shape index (κ1) is 27.9. The summed E-state index contributed by atoms with van der Waals surface area (Å²) >= 11 is 6.07. The predicted octanol–water partition coefficient (Wildman–Crippen LogP) is 8.75. The van der Waals surface area contributed by atoms with Crippen molar-refractivity contribution in [2.24, 2.45) is 0 Å². The van der Waals surface area contributed by atoms with Crippen LogP contribution in [-0.4, -0.2) is 15.0 Å². The van der Waals surface area contributed by atoms with E-state index in [1.165, 1.54) is 108 Å². The van der Waals surface area contributed by atoms with E-state index in [9.17, 15) is 9.79 Å². The van der Waals surface area contributed by atoms with Crippen LogP contribution >= 0.6 is 17.1 Å². The van der Waals surface area contributed by atoms with Crippen LogP contribution in [0.25, 0.3) is 0 Å². The summed E-state index contributed by atoms with van der Waals surface area (Å²) in [7, 11) is 0. The smallest absolute Gasteiger partial charge is 0.242 e. The molecule has 0 radical (unpaired) electrons. The highest BCUT2D eigenvalue weighted by molar-refractivity contribution is 8.67. The van der Waals surface area contributed by atoms with E-state index < -0.39 is 5.69 Å². The molecule has 0 saturated carbocycles. The lowest BCUT2D eigenvalue weighted by atomic mass is 10.0. The molecule has 0 aliphatic rings. The molecule has 0 aliphatic heterocycles. The van der Waals surface area contributed by atoms with Gasteiger partial charge in [-0.2, -0.15) is 0 Å². The normalized spacial score (nSPS) is 13.2. The van der Waals surface area contributed by atoms with Gasteiger partial charge in [0.2, 0.25) is 5.69 Å². The molecule has 0 aromatic carbocycles. The van der Waals surface area contributed by atoms with Crippen molar-refractivity contribution in [3.63, 3.8) is 0 Å². The zero-order valence-electron chi connectivity index (χ0n) is 18.2. The van der Waals surface area contributed by atoms with Crippen LogP contribution in [0.3, 0.4) is 0 Å². The zero-order chi connectivity index (χ0) is 20.2. The Morgan fingerprint density at radius 2 is 0.926 bits per heavy atom. The number of unbranched alkanes of at least 4 members (excludes halogenated alkanes) is 15. The second kappa shape index (κ2) is 20.2. The van der Waals surface area contributed by atoms with Gasteiger partial charge < -0.3 is 9.79 Å². The lowest BCUT2D eigenvalue weighted by molar-refractivity contribution is 0.500. The Balaban J connectivity index is 3.40. The third-order valence-corrected chi connectivity index (χ3v) is 8.83. The number of rotatable bonds is 21.